The fourth-order valence-electron chi connectivity index (χ4n) is 3.66. The lowest BCUT2D eigenvalue weighted by Gasteiger charge is -2.30. The van der Waals surface area contributed by atoms with Crippen LogP contribution in [0.15, 0.2) is 0 Å². The van der Waals surface area contributed by atoms with E-state index in [1.807, 2.05) is 0 Å². The van der Waals surface area contributed by atoms with Gasteiger partial charge in [-0.25, -0.2) is 0 Å². The molecule has 17 heavy (non-hydrogen) atoms. The minimum Gasteiger partial charge on any atom is -0.299 e. The molecular formula is C15H27NO. The molecule has 0 aromatic heterocycles. The lowest BCUT2D eigenvalue weighted by atomic mass is 9.89. The molecule has 1 saturated carbocycles. The Morgan fingerprint density at radius 1 is 1.29 bits per heavy atom. The van der Waals surface area contributed by atoms with Crippen molar-refractivity contribution in [2.45, 2.75) is 71.9 Å². The minimum absolute atomic E-state index is 0.0602. The van der Waals surface area contributed by atoms with Gasteiger partial charge in [-0.2, -0.15) is 0 Å². The third-order valence-corrected chi connectivity index (χ3v) is 5.01. The van der Waals surface area contributed by atoms with Crippen LogP contribution in [-0.4, -0.2) is 29.3 Å². The van der Waals surface area contributed by atoms with Gasteiger partial charge in [0.15, 0.2) is 0 Å². The first kappa shape index (κ1) is 13.1. The van der Waals surface area contributed by atoms with Gasteiger partial charge in [0.2, 0.25) is 0 Å². The van der Waals surface area contributed by atoms with E-state index < -0.39 is 0 Å². The first-order valence-corrected chi connectivity index (χ1v) is 7.25. The highest BCUT2D eigenvalue weighted by Crippen LogP contribution is 2.39. The summed E-state index contributed by atoms with van der Waals surface area (Å²) in [4.78, 5) is 14.9. The zero-order valence-electron chi connectivity index (χ0n) is 11.8. The second-order valence-electron chi connectivity index (χ2n) is 6.67. The lowest BCUT2D eigenvalue weighted by Crippen LogP contribution is -2.40. The molecule has 0 bridgehead atoms. The largest absolute Gasteiger partial charge is 0.299 e. The Balaban J connectivity index is 1.99. The number of nitrogens with zero attached hydrogens (tertiary/aromatic N) is 1. The van der Waals surface area contributed by atoms with Crippen molar-refractivity contribution in [3.05, 3.63) is 0 Å². The molecule has 1 aliphatic carbocycles. The summed E-state index contributed by atoms with van der Waals surface area (Å²) >= 11 is 0. The van der Waals surface area contributed by atoms with Gasteiger partial charge >= 0.3 is 0 Å². The van der Waals surface area contributed by atoms with Crippen molar-refractivity contribution in [1.82, 2.24) is 4.90 Å². The van der Waals surface area contributed by atoms with Crippen LogP contribution in [0.25, 0.3) is 0 Å². The van der Waals surface area contributed by atoms with Gasteiger partial charge in [-0.05, 0) is 39.0 Å². The molecule has 2 heteroatoms. The minimum atomic E-state index is -0.0602. The summed E-state index contributed by atoms with van der Waals surface area (Å²) in [7, 11) is 0. The molecule has 0 radical (unpaired) electrons. The second-order valence-corrected chi connectivity index (χ2v) is 6.67. The van der Waals surface area contributed by atoms with E-state index in [1.54, 1.807) is 0 Å². The average molecular weight is 237 g/mol. The monoisotopic (exact) mass is 237 g/mol. The van der Waals surface area contributed by atoms with Crippen LogP contribution in [0.4, 0.5) is 0 Å². The summed E-state index contributed by atoms with van der Waals surface area (Å²) in [6.07, 6.45) is 6.04. The lowest BCUT2D eigenvalue weighted by molar-refractivity contribution is -0.128. The Labute approximate surface area is 106 Å². The van der Waals surface area contributed by atoms with Crippen molar-refractivity contribution in [3.8, 4) is 0 Å². The Bertz CT molecular complexity index is 297. The van der Waals surface area contributed by atoms with E-state index in [9.17, 15) is 4.79 Å². The van der Waals surface area contributed by atoms with Gasteiger partial charge in [0, 0.05) is 30.0 Å². The quantitative estimate of drug-likeness (QED) is 0.751. The standard InChI is InChI=1S/C15H27NO/c1-5-13-7-6-11(2)16(13)10-12-8-9-15(3,4)14(12)17/h11-13H,5-10H2,1-4H3. The SMILES string of the molecule is CCC1CCC(C)N1CC1CCC(C)(C)C1=O. The third kappa shape index (κ3) is 2.42. The van der Waals surface area contributed by atoms with Crippen molar-refractivity contribution in [1.29, 1.82) is 0 Å². The van der Waals surface area contributed by atoms with Crippen LogP contribution in [0, 0.1) is 11.3 Å². The van der Waals surface area contributed by atoms with Crippen molar-refractivity contribution in [2.24, 2.45) is 11.3 Å². The number of hydrogen-bond donors (Lipinski definition) is 0. The molecule has 1 heterocycles. The van der Waals surface area contributed by atoms with Crippen molar-refractivity contribution in [3.63, 3.8) is 0 Å². The van der Waals surface area contributed by atoms with Gasteiger partial charge in [-0.3, -0.25) is 9.69 Å². The molecular weight excluding hydrogens is 210 g/mol. The first-order valence-electron chi connectivity index (χ1n) is 7.25. The maximum absolute atomic E-state index is 12.3. The molecule has 3 atom stereocenters. The Morgan fingerprint density at radius 2 is 2.00 bits per heavy atom. The van der Waals surface area contributed by atoms with Crippen LogP contribution in [0.3, 0.4) is 0 Å². The Hall–Kier alpha value is -0.370. The predicted molar refractivity (Wildman–Crippen MR) is 71.0 cm³/mol. The summed E-state index contributed by atoms with van der Waals surface area (Å²) in [5.41, 5.74) is -0.0602. The van der Waals surface area contributed by atoms with E-state index in [1.165, 1.54) is 19.3 Å². The highest BCUT2D eigenvalue weighted by molar-refractivity contribution is 5.88. The number of ketones is 1. The van der Waals surface area contributed by atoms with Crippen LogP contribution in [0.1, 0.15) is 59.8 Å². The van der Waals surface area contributed by atoms with Gasteiger partial charge in [-0.15, -0.1) is 0 Å². The predicted octanol–water partition coefficient (Wildman–Crippen LogP) is 3.25. The summed E-state index contributed by atoms with van der Waals surface area (Å²) in [5, 5.41) is 0. The number of Topliss-reactive ketones (excluding diaryl/α,β-unsaturated/α-hetero) is 1. The first-order chi connectivity index (χ1) is 7.95. The van der Waals surface area contributed by atoms with Gasteiger partial charge in [0.1, 0.15) is 5.78 Å². The van der Waals surface area contributed by atoms with E-state index in [-0.39, 0.29) is 5.41 Å². The highest BCUT2D eigenvalue weighted by atomic mass is 16.1. The Morgan fingerprint density at radius 3 is 2.53 bits per heavy atom. The number of carbonyl (C=O) groups is 1. The van der Waals surface area contributed by atoms with Gasteiger partial charge in [0.25, 0.3) is 0 Å². The second kappa shape index (κ2) is 4.72. The number of rotatable bonds is 3. The van der Waals surface area contributed by atoms with Gasteiger partial charge in [0.05, 0.1) is 0 Å². The normalized spacial score (nSPS) is 37.9. The van der Waals surface area contributed by atoms with E-state index in [4.69, 9.17) is 0 Å². The molecule has 0 aromatic rings. The fraction of sp³-hybridized carbons (Fsp3) is 0.933. The number of likely N-dealkylation sites (tertiary alicyclic amines) is 1. The molecule has 2 fully saturated rings. The van der Waals surface area contributed by atoms with Crippen molar-refractivity contribution in [2.75, 3.05) is 6.54 Å². The number of carbonyl (C=O) groups excluding carboxylic acids is 1. The molecule has 2 nitrogen and oxygen atoms in total. The van der Waals surface area contributed by atoms with Crippen LogP contribution < -0.4 is 0 Å². The summed E-state index contributed by atoms with van der Waals surface area (Å²) in [6.45, 7) is 9.83. The van der Waals surface area contributed by atoms with Crippen LogP contribution in [0.2, 0.25) is 0 Å². The van der Waals surface area contributed by atoms with Gasteiger partial charge < -0.3 is 0 Å². The molecule has 1 aliphatic heterocycles. The third-order valence-electron chi connectivity index (χ3n) is 5.01. The summed E-state index contributed by atoms with van der Waals surface area (Å²) < 4.78 is 0. The summed E-state index contributed by atoms with van der Waals surface area (Å²) in [6, 6.07) is 1.40. The molecule has 2 aliphatic rings. The average Bonchev–Trinajstić information content (AvgIpc) is 2.75. The zero-order valence-corrected chi connectivity index (χ0v) is 11.8. The molecule has 2 rings (SSSR count). The van der Waals surface area contributed by atoms with E-state index >= 15 is 0 Å². The highest BCUT2D eigenvalue weighted by Gasteiger charge is 2.42. The molecule has 98 valence electrons. The molecule has 0 spiro atoms. The fourth-order valence-corrected chi connectivity index (χ4v) is 3.66. The van der Waals surface area contributed by atoms with Crippen molar-refractivity contribution < 1.29 is 4.79 Å². The van der Waals surface area contributed by atoms with Crippen molar-refractivity contribution >= 4 is 5.78 Å². The molecule has 0 amide bonds. The number of hydrogen-bond acceptors (Lipinski definition) is 2. The van der Waals surface area contributed by atoms with Gasteiger partial charge in [-0.1, -0.05) is 20.8 Å². The van der Waals surface area contributed by atoms with E-state index in [0.29, 0.717) is 17.7 Å². The molecule has 3 unspecified atom stereocenters. The molecule has 0 aromatic carbocycles. The van der Waals surface area contributed by atoms with E-state index in [2.05, 4.69) is 32.6 Å². The maximum Gasteiger partial charge on any atom is 0.142 e. The topological polar surface area (TPSA) is 20.3 Å². The van der Waals surface area contributed by atoms with Crippen LogP contribution >= 0.6 is 0 Å². The molecule has 1 saturated heterocycles. The van der Waals surface area contributed by atoms with E-state index in [0.717, 1.165) is 25.4 Å². The smallest absolute Gasteiger partial charge is 0.142 e. The van der Waals surface area contributed by atoms with Crippen LogP contribution in [-0.2, 0) is 4.79 Å². The zero-order chi connectivity index (χ0) is 12.6. The Kier molecular flexibility index (Phi) is 3.63. The molecule has 0 N–H and O–H groups in total. The maximum atomic E-state index is 12.3. The summed E-state index contributed by atoms with van der Waals surface area (Å²) in [5.74, 6) is 0.811. The van der Waals surface area contributed by atoms with Crippen LogP contribution in [0.5, 0.6) is 0 Å².